The molecule has 2 N–H and O–H groups in total. The number of rotatable bonds is 12. The quantitative estimate of drug-likeness (QED) is 0.286. The predicted molar refractivity (Wildman–Crippen MR) is 148 cm³/mol. The summed E-state index contributed by atoms with van der Waals surface area (Å²) in [6, 6.07) is 18.9. The minimum Gasteiger partial charge on any atom is -0.496 e. The molecule has 0 radical (unpaired) electrons. The molecule has 214 valence electrons. The molecule has 0 aliphatic carbocycles. The largest absolute Gasteiger partial charge is 0.496 e. The maximum Gasteiger partial charge on any atom is 0.416 e. The van der Waals surface area contributed by atoms with E-state index in [1.54, 1.807) is 12.0 Å². The van der Waals surface area contributed by atoms with Crippen LogP contribution in [-0.2, 0) is 35.2 Å². The molecule has 9 heteroatoms. The third-order valence-electron chi connectivity index (χ3n) is 6.98. The fraction of sp³-hybridized carbons (Fsp3) is 0.387. The van der Waals surface area contributed by atoms with Crippen LogP contribution in [-0.4, -0.2) is 39.3 Å². The van der Waals surface area contributed by atoms with Gasteiger partial charge in [-0.1, -0.05) is 30.3 Å². The molecular formula is C31H35F3N2O4. The SMILES string of the molecule is COc1ccccc1COCCCOc1ccc(CC(CN)C(=O)N2CCCc3cc(C(F)(F)F)ccc32)cc1. The number of methoxy groups -OCH3 is 1. The van der Waals surface area contributed by atoms with Gasteiger partial charge >= 0.3 is 6.18 Å². The number of anilines is 1. The van der Waals surface area contributed by atoms with Crippen molar-refractivity contribution in [3.63, 3.8) is 0 Å². The number of hydrogen-bond donors (Lipinski definition) is 1. The van der Waals surface area contributed by atoms with Gasteiger partial charge in [0, 0.05) is 30.8 Å². The highest BCUT2D eigenvalue weighted by Gasteiger charge is 2.33. The Labute approximate surface area is 232 Å². The molecule has 0 spiro atoms. The molecule has 0 fully saturated rings. The monoisotopic (exact) mass is 556 g/mol. The Morgan fingerprint density at radius 1 is 1.05 bits per heavy atom. The van der Waals surface area contributed by atoms with E-state index in [9.17, 15) is 18.0 Å². The minimum absolute atomic E-state index is 0.137. The Morgan fingerprint density at radius 3 is 2.55 bits per heavy atom. The van der Waals surface area contributed by atoms with Gasteiger partial charge in [-0.25, -0.2) is 0 Å². The molecule has 4 rings (SSSR count). The van der Waals surface area contributed by atoms with Crippen LogP contribution in [0.25, 0.3) is 0 Å². The van der Waals surface area contributed by atoms with E-state index in [0.717, 1.165) is 41.2 Å². The second-order valence-electron chi connectivity index (χ2n) is 9.78. The van der Waals surface area contributed by atoms with Gasteiger partial charge in [0.05, 0.1) is 38.4 Å². The molecule has 0 aromatic heterocycles. The number of benzene rings is 3. The molecule has 0 saturated carbocycles. The van der Waals surface area contributed by atoms with E-state index in [1.165, 1.54) is 6.07 Å². The Bertz CT molecular complexity index is 1260. The first kappa shape index (κ1) is 29.4. The predicted octanol–water partition coefficient (Wildman–Crippen LogP) is 5.80. The summed E-state index contributed by atoms with van der Waals surface area (Å²) in [6.45, 7) is 2.12. The lowest BCUT2D eigenvalue weighted by molar-refractivity contribution is -0.137. The van der Waals surface area contributed by atoms with E-state index in [0.29, 0.717) is 56.9 Å². The van der Waals surface area contributed by atoms with Crippen LogP contribution in [0.2, 0.25) is 0 Å². The van der Waals surface area contributed by atoms with E-state index in [4.69, 9.17) is 19.9 Å². The maximum atomic E-state index is 13.4. The van der Waals surface area contributed by atoms with Crippen LogP contribution < -0.4 is 20.1 Å². The Balaban J connectivity index is 1.26. The highest BCUT2D eigenvalue weighted by molar-refractivity contribution is 5.96. The van der Waals surface area contributed by atoms with Crippen LogP contribution in [0, 0.1) is 5.92 Å². The van der Waals surface area contributed by atoms with E-state index in [2.05, 4.69) is 0 Å². The molecule has 3 aromatic carbocycles. The minimum atomic E-state index is -4.41. The highest BCUT2D eigenvalue weighted by atomic mass is 19.4. The van der Waals surface area contributed by atoms with Crippen LogP contribution >= 0.6 is 0 Å². The van der Waals surface area contributed by atoms with Gasteiger partial charge in [-0.2, -0.15) is 13.2 Å². The molecule has 0 saturated heterocycles. The van der Waals surface area contributed by atoms with Gasteiger partial charge in [0.25, 0.3) is 0 Å². The molecule has 1 amide bonds. The summed E-state index contributed by atoms with van der Waals surface area (Å²) >= 11 is 0. The highest BCUT2D eigenvalue weighted by Crippen LogP contribution is 2.36. The van der Waals surface area contributed by atoms with Crippen LogP contribution in [0.4, 0.5) is 18.9 Å². The van der Waals surface area contributed by atoms with Crippen LogP contribution in [0.15, 0.2) is 66.7 Å². The normalized spacial score (nSPS) is 14.0. The summed E-state index contributed by atoms with van der Waals surface area (Å²) in [5.41, 5.74) is 8.29. The molecule has 1 unspecified atom stereocenters. The van der Waals surface area contributed by atoms with E-state index in [1.807, 2.05) is 48.5 Å². The molecule has 3 aromatic rings. The van der Waals surface area contributed by atoms with Gasteiger partial charge < -0.3 is 24.8 Å². The standard InChI is InChI=1S/C31H35F3N2O4/c1-38-29-8-3-2-6-24(29)21-39-16-5-17-40-27-12-9-22(10-13-27)18-25(20-35)30(37)36-15-4-7-23-19-26(31(32,33)34)11-14-28(23)36/h2-3,6,8-14,19,25H,4-5,7,15-18,20-21,35H2,1H3. The zero-order valence-electron chi connectivity index (χ0n) is 22.6. The van der Waals surface area contributed by atoms with Crippen molar-refractivity contribution in [3.05, 3.63) is 89.0 Å². The molecule has 40 heavy (non-hydrogen) atoms. The molecule has 6 nitrogen and oxygen atoms in total. The summed E-state index contributed by atoms with van der Waals surface area (Å²) in [6.07, 6.45) is -2.15. The van der Waals surface area contributed by atoms with Crippen LogP contribution in [0.1, 0.15) is 35.1 Å². The third kappa shape index (κ3) is 7.55. The average Bonchev–Trinajstić information content (AvgIpc) is 2.97. The third-order valence-corrected chi connectivity index (χ3v) is 6.98. The summed E-state index contributed by atoms with van der Waals surface area (Å²) in [7, 11) is 1.64. The lowest BCUT2D eigenvalue weighted by Crippen LogP contribution is -2.42. The number of carbonyl (C=O) groups is 1. The van der Waals surface area contributed by atoms with Crippen LogP contribution in [0.3, 0.4) is 0 Å². The van der Waals surface area contributed by atoms with E-state index < -0.39 is 17.7 Å². The fourth-order valence-corrected chi connectivity index (χ4v) is 4.86. The first-order valence-corrected chi connectivity index (χ1v) is 13.4. The molecule has 1 atom stereocenters. The molecular weight excluding hydrogens is 521 g/mol. The Morgan fingerprint density at radius 2 is 1.82 bits per heavy atom. The number of ether oxygens (including phenoxy) is 3. The van der Waals surface area contributed by atoms with Gasteiger partial charge in [-0.05, 0) is 66.8 Å². The summed E-state index contributed by atoms with van der Waals surface area (Å²) in [4.78, 5) is 15.0. The number of halogens is 3. The molecule has 0 bridgehead atoms. The summed E-state index contributed by atoms with van der Waals surface area (Å²) in [5.74, 6) is 0.865. The van der Waals surface area contributed by atoms with Crippen molar-refractivity contribution in [3.8, 4) is 11.5 Å². The van der Waals surface area contributed by atoms with Gasteiger partial charge in [-0.3, -0.25) is 4.79 Å². The van der Waals surface area contributed by atoms with E-state index in [-0.39, 0.29) is 12.5 Å². The lowest BCUT2D eigenvalue weighted by Gasteiger charge is -2.32. The summed E-state index contributed by atoms with van der Waals surface area (Å²) < 4.78 is 56.3. The van der Waals surface area contributed by atoms with Gasteiger partial charge in [0.1, 0.15) is 11.5 Å². The fourth-order valence-electron chi connectivity index (χ4n) is 4.86. The number of nitrogens with zero attached hydrogens (tertiary/aromatic N) is 1. The van der Waals surface area contributed by atoms with Crippen LogP contribution in [0.5, 0.6) is 11.5 Å². The molecule has 1 aliphatic heterocycles. The smallest absolute Gasteiger partial charge is 0.416 e. The number of nitrogens with two attached hydrogens (primary N) is 1. The first-order valence-electron chi connectivity index (χ1n) is 13.4. The number of carbonyl (C=O) groups excluding carboxylic acids is 1. The second kappa shape index (κ2) is 13.7. The summed E-state index contributed by atoms with van der Waals surface area (Å²) in [5, 5.41) is 0. The zero-order chi connectivity index (χ0) is 28.5. The van der Waals surface area contributed by atoms with Gasteiger partial charge in [0.15, 0.2) is 0 Å². The number of para-hydroxylation sites is 1. The number of hydrogen-bond acceptors (Lipinski definition) is 5. The van der Waals surface area contributed by atoms with Gasteiger partial charge in [-0.15, -0.1) is 0 Å². The van der Waals surface area contributed by atoms with Crippen molar-refractivity contribution in [1.29, 1.82) is 0 Å². The van der Waals surface area contributed by atoms with Gasteiger partial charge in [0.2, 0.25) is 5.91 Å². The molecule has 1 aliphatic rings. The van der Waals surface area contributed by atoms with E-state index >= 15 is 0 Å². The van der Waals surface area contributed by atoms with Crippen molar-refractivity contribution in [2.75, 3.05) is 38.3 Å². The van der Waals surface area contributed by atoms with Crippen molar-refractivity contribution in [1.82, 2.24) is 0 Å². The van der Waals surface area contributed by atoms with Crippen molar-refractivity contribution >= 4 is 11.6 Å². The lowest BCUT2D eigenvalue weighted by atomic mass is 9.94. The first-order chi connectivity index (χ1) is 19.3. The number of alkyl halides is 3. The maximum absolute atomic E-state index is 13.4. The number of fused-ring (bicyclic) bond motifs is 1. The Kier molecular flexibility index (Phi) is 10.1. The van der Waals surface area contributed by atoms with Crippen molar-refractivity contribution < 1.29 is 32.2 Å². The Hall–Kier alpha value is -3.56. The number of amides is 1. The van der Waals surface area contributed by atoms with Crippen molar-refractivity contribution in [2.24, 2.45) is 11.7 Å². The topological polar surface area (TPSA) is 74.0 Å². The number of aryl methyl sites for hydroxylation is 1. The average molecular weight is 557 g/mol. The molecule has 1 heterocycles. The second-order valence-corrected chi connectivity index (χ2v) is 9.78. The van der Waals surface area contributed by atoms with Crippen molar-refractivity contribution in [2.45, 2.75) is 38.5 Å². The zero-order valence-corrected chi connectivity index (χ0v) is 22.6.